The molecule has 2 heterocycles. The molecule has 156 valence electrons. The van der Waals surface area contributed by atoms with Crippen molar-refractivity contribution >= 4 is 33.0 Å². The molecule has 2 aromatic carbocycles. The number of ether oxygens (including phenoxy) is 1. The van der Waals surface area contributed by atoms with Crippen LogP contribution in [0.1, 0.15) is 10.6 Å². The van der Waals surface area contributed by atoms with Crippen LogP contribution >= 0.6 is 0 Å². The number of morpholine rings is 1. The molecule has 2 N–H and O–H groups in total. The first-order chi connectivity index (χ1) is 14.5. The van der Waals surface area contributed by atoms with Gasteiger partial charge in [-0.25, -0.2) is 8.42 Å². The van der Waals surface area contributed by atoms with E-state index in [4.69, 9.17) is 9.15 Å². The normalized spacial score (nSPS) is 14.9. The zero-order valence-corrected chi connectivity index (χ0v) is 16.9. The van der Waals surface area contributed by atoms with E-state index in [1.54, 1.807) is 12.1 Å². The zero-order chi connectivity index (χ0) is 21.0. The predicted octanol–water partition coefficient (Wildman–Crippen LogP) is 3.30. The Balaban J connectivity index is 1.41. The summed E-state index contributed by atoms with van der Waals surface area (Å²) >= 11 is 0. The second kappa shape index (κ2) is 8.70. The molecule has 30 heavy (non-hydrogen) atoms. The maximum Gasteiger partial charge on any atom is 0.291 e. The molecular weight excluding hydrogens is 406 g/mol. The third-order valence-corrected chi connectivity index (χ3v) is 6.35. The van der Waals surface area contributed by atoms with Gasteiger partial charge in [0.1, 0.15) is 0 Å². The van der Waals surface area contributed by atoms with Crippen LogP contribution in [0.2, 0.25) is 0 Å². The summed E-state index contributed by atoms with van der Waals surface area (Å²) in [4.78, 5) is 12.5. The van der Waals surface area contributed by atoms with Crippen molar-refractivity contribution in [2.45, 2.75) is 5.09 Å². The lowest BCUT2D eigenvalue weighted by Gasteiger charge is -2.24. The first kappa shape index (κ1) is 20.1. The molecule has 1 aliphatic heterocycles. The van der Waals surface area contributed by atoms with Crippen molar-refractivity contribution in [1.82, 2.24) is 4.31 Å². The van der Waals surface area contributed by atoms with Crippen LogP contribution in [0.15, 0.2) is 76.2 Å². The lowest BCUT2D eigenvalue weighted by atomic mass is 10.2. The summed E-state index contributed by atoms with van der Waals surface area (Å²) < 4.78 is 37.0. The zero-order valence-electron chi connectivity index (χ0n) is 16.1. The lowest BCUT2D eigenvalue weighted by Crippen LogP contribution is -2.40. The summed E-state index contributed by atoms with van der Waals surface area (Å²) in [6.07, 6.45) is 0. The Morgan fingerprint density at radius 2 is 1.47 bits per heavy atom. The highest BCUT2D eigenvalue weighted by molar-refractivity contribution is 7.89. The molecule has 1 amide bonds. The number of rotatable bonds is 6. The molecule has 9 heteroatoms. The Morgan fingerprint density at radius 3 is 2.17 bits per heavy atom. The summed E-state index contributed by atoms with van der Waals surface area (Å²) in [5.74, 6) is -0.601. The molecule has 1 aliphatic rings. The van der Waals surface area contributed by atoms with Crippen molar-refractivity contribution in [2.24, 2.45) is 0 Å². The Labute approximate surface area is 174 Å². The second-order valence-electron chi connectivity index (χ2n) is 6.66. The van der Waals surface area contributed by atoms with E-state index in [1.807, 2.05) is 42.5 Å². The molecule has 0 radical (unpaired) electrons. The van der Waals surface area contributed by atoms with E-state index in [9.17, 15) is 13.2 Å². The fraction of sp³-hybridized carbons (Fsp3) is 0.190. The quantitative estimate of drug-likeness (QED) is 0.626. The summed E-state index contributed by atoms with van der Waals surface area (Å²) in [7, 11) is -3.78. The van der Waals surface area contributed by atoms with Crippen LogP contribution in [0.4, 0.5) is 17.1 Å². The summed E-state index contributed by atoms with van der Waals surface area (Å²) in [5, 5.41) is 5.71. The molecule has 0 saturated carbocycles. The Morgan fingerprint density at radius 1 is 0.833 bits per heavy atom. The number of carbonyl (C=O) groups excluding carboxylic acids is 1. The highest BCUT2D eigenvalue weighted by Crippen LogP contribution is 2.22. The van der Waals surface area contributed by atoms with Crippen LogP contribution in [-0.2, 0) is 14.8 Å². The first-order valence-corrected chi connectivity index (χ1v) is 10.9. The minimum Gasteiger partial charge on any atom is -0.438 e. The number of anilines is 3. The van der Waals surface area contributed by atoms with E-state index in [0.29, 0.717) is 18.9 Å². The number of hydrogen-bond donors (Lipinski definition) is 2. The molecule has 4 rings (SSSR count). The van der Waals surface area contributed by atoms with Crippen LogP contribution < -0.4 is 10.6 Å². The van der Waals surface area contributed by atoms with Crippen LogP contribution in [0.5, 0.6) is 0 Å². The highest BCUT2D eigenvalue weighted by atomic mass is 32.2. The van der Waals surface area contributed by atoms with E-state index in [-0.39, 0.29) is 23.9 Å². The number of nitrogens with one attached hydrogen (secondary N) is 2. The van der Waals surface area contributed by atoms with Crippen molar-refractivity contribution in [3.63, 3.8) is 0 Å². The highest BCUT2D eigenvalue weighted by Gasteiger charge is 2.30. The average Bonchev–Trinajstić information content (AvgIpc) is 3.28. The van der Waals surface area contributed by atoms with Gasteiger partial charge < -0.3 is 19.8 Å². The number of carbonyl (C=O) groups is 1. The molecule has 8 nitrogen and oxygen atoms in total. The lowest BCUT2D eigenvalue weighted by molar-refractivity contribution is 0.0723. The van der Waals surface area contributed by atoms with Crippen molar-refractivity contribution in [2.75, 3.05) is 36.9 Å². The predicted molar refractivity (Wildman–Crippen MR) is 112 cm³/mol. The van der Waals surface area contributed by atoms with Crippen molar-refractivity contribution in [3.8, 4) is 0 Å². The smallest absolute Gasteiger partial charge is 0.291 e. The summed E-state index contributed by atoms with van der Waals surface area (Å²) in [5.41, 5.74) is 2.39. The number of para-hydroxylation sites is 1. The van der Waals surface area contributed by atoms with E-state index in [2.05, 4.69) is 10.6 Å². The van der Waals surface area contributed by atoms with Gasteiger partial charge in [-0.1, -0.05) is 18.2 Å². The first-order valence-electron chi connectivity index (χ1n) is 9.43. The van der Waals surface area contributed by atoms with Gasteiger partial charge in [-0.2, -0.15) is 4.31 Å². The van der Waals surface area contributed by atoms with Gasteiger partial charge >= 0.3 is 0 Å². The Kier molecular flexibility index (Phi) is 5.84. The van der Waals surface area contributed by atoms with Crippen molar-refractivity contribution in [1.29, 1.82) is 0 Å². The monoisotopic (exact) mass is 427 g/mol. The third kappa shape index (κ3) is 4.54. The molecular formula is C21H21N3O5S. The van der Waals surface area contributed by atoms with Crippen LogP contribution in [0.25, 0.3) is 0 Å². The van der Waals surface area contributed by atoms with Crippen molar-refractivity contribution < 1.29 is 22.4 Å². The van der Waals surface area contributed by atoms with Gasteiger partial charge in [-0.15, -0.1) is 0 Å². The summed E-state index contributed by atoms with van der Waals surface area (Å²) in [6.45, 7) is 1.19. The number of benzene rings is 2. The molecule has 1 aromatic heterocycles. The minimum atomic E-state index is -3.78. The fourth-order valence-electron chi connectivity index (χ4n) is 3.01. The average molecular weight is 427 g/mol. The van der Waals surface area contributed by atoms with Gasteiger partial charge in [-0.3, -0.25) is 4.79 Å². The topological polar surface area (TPSA) is 101 Å². The van der Waals surface area contributed by atoms with Gasteiger partial charge in [0.05, 0.1) is 13.2 Å². The van der Waals surface area contributed by atoms with Gasteiger partial charge in [0.15, 0.2) is 5.76 Å². The third-order valence-electron chi connectivity index (χ3n) is 4.57. The van der Waals surface area contributed by atoms with Gasteiger partial charge in [0.2, 0.25) is 5.09 Å². The number of hydrogen-bond acceptors (Lipinski definition) is 6. The number of nitrogens with zero attached hydrogens (tertiary/aromatic N) is 1. The molecule has 0 unspecified atom stereocenters. The maximum absolute atomic E-state index is 12.6. The number of furan rings is 1. The van der Waals surface area contributed by atoms with Crippen LogP contribution in [-0.4, -0.2) is 44.9 Å². The number of sulfonamides is 1. The molecule has 0 aliphatic carbocycles. The Bertz CT molecular complexity index is 1110. The van der Waals surface area contributed by atoms with Gasteiger partial charge in [0.25, 0.3) is 15.9 Å². The van der Waals surface area contributed by atoms with E-state index in [0.717, 1.165) is 11.4 Å². The molecule has 0 spiro atoms. The molecule has 3 aromatic rings. The Hall–Kier alpha value is -3.14. The largest absolute Gasteiger partial charge is 0.438 e. The summed E-state index contributed by atoms with van der Waals surface area (Å²) in [6, 6.07) is 19.5. The molecule has 1 fully saturated rings. The SMILES string of the molecule is O=C(Nc1ccc(Nc2ccccc2)cc1)c1ccc(S(=O)(=O)N2CCOCC2)o1. The number of amides is 1. The van der Waals surface area contributed by atoms with Crippen molar-refractivity contribution in [3.05, 3.63) is 72.5 Å². The standard InChI is InChI=1S/C21H21N3O5S/c25-21(19-10-11-20(29-19)30(26,27)24-12-14-28-15-13-24)23-18-8-6-17(7-9-18)22-16-4-2-1-3-5-16/h1-11,22H,12-15H2,(H,23,25). The van der Waals surface area contributed by atoms with E-state index < -0.39 is 15.9 Å². The van der Waals surface area contributed by atoms with E-state index >= 15 is 0 Å². The van der Waals surface area contributed by atoms with Crippen LogP contribution in [0, 0.1) is 0 Å². The molecule has 1 saturated heterocycles. The van der Waals surface area contributed by atoms with Gasteiger partial charge in [0, 0.05) is 30.2 Å². The molecule has 0 atom stereocenters. The minimum absolute atomic E-state index is 0.0756. The molecule has 0 bridgehead atoms. The fourth-order valence-corrected chi connectivity index (χ4v) is 4.33. The van der Waals surface area contributed by atoms with E-state index in [1.165, 1.54) is 16.4 Å². The second-order valence-corrected chi connectivity index (χ2v) is 8.53. The maximum atomic E-state index is 12.6. The van der Waals surface area contributed by atoms with Gasteiger partial charge in [-0.05, 0) is 48.5 Å². The van der Waals surface area contributed by atoms with Crippen LogP contribution in [0.3, 0.4) is 0 Å².